The highest BCUT2D eigenvalue weighted by Crippen LogP contribution is 2.70. The Kier molecular flexibility index (Phi) is 2.06. The molecule has 2 fully saturated rings. The van der Waals surface area contributed by atoms with E-state index < -0.39 is 6.49 Å². The van der Waals surface area contributed by atoms with Crippen molar-refractivity contribution in [3.63, 3.8) is 0 Å². The van der Waals surface area contributed by atoms with E-state index in [1.807, 2.05) is 0 Å². The van der Waals surface area contributed by atoms with Gasteiger partial charge in [-0.25, -0.2) is 0 Å². The van der Waals surface area contributed by atoms with E-state index in [0.29, 0.717) is 11.3 Å². The topological polar surface area (TPSA) is 17.1 Å². The van der Waals surface area contributed by atoms with E-state index in [-0.39, 0.29) is 0 Å². The van der Waals surface area contributed by atoms with E-state index in [9.17, 15) is 4.57 Å². The first-order chi connectivity index (χ1) is 5.21. The first-order valence-corrected chi connectivity index (χ1v) is 7.25. The molecule has 0 aliphatic carbocycles. The monoisotopic (exact) mass is 192 g/mol. The Morgan fingerprint density at radius 2 is 1.45 bits per heavy atom. The van der Waals surface area contributed by atoms with Gasteiger partial charge in [-0.15, -0.1) is 0 Å². The van der Waals surface area contributed by atoms with Crippen molar-refractivity contribution in [1.29, 1.82) is 0 Å². The van der Waals surface area contributed by atoms with Crippen molar-refractivity contribution in [3.05, 3.63) is 0 Å². The van der Waals surface area contributed by atoms with E-state index in [1.54, 1.807) is 0 Å². The fourth-order valence-electron chi connectivity index (χ4n) is 2.44. The second kappa shape index (κ2) is 2.78. The summed E-state index contributed by atoms with van der Waals surface area (Å²) in [4.78, 5) is 0. The number of hydrogen-bond donors (Lipinski definition) is 0. The summed E-state index contributed by atoms with van der Waals surface area (Å²) >= 11 is 6.10. The standard InChI is InChI=1S/C8H14ClOP/c9-11(10)7-3-1-2-4-8(11)6-5-7/h7-8H,1-6H2. The van der Waals surface area contributed by atoms with Crippen molar-refractivity contribution in [2.24, 2.45) is 0 Å². The van der Waals surface area contributed by atoms with Gasteiger partial charge in [0.1, 0.15) is 0 Å². The van der Waals surface area contributed by atoms with E-state index >= 15 is 0 Å². The van der Waals surface area contributed by atoms with Gasteiger partial charge in [0.25, 0.3) is 0 Å². The Morgan fingerprint density at radius 1 is 1.00 bits per heavy atom. The molecule has 0 amide bonds. The van der Waals surface area contributed by atoms with Crippen LogP contribution in [0.25, 0.3) is 0 Å². The van der Waals surface area contributed by atoms with Crippen molar-refractivity contribution in [3.8, 4) is 0 Å². The van der Waals surface area contributed by atoms with Crippen LogP contribution in [0.4, 0.5) is 0 Å². The van der Waals surface area contributed by atoms with Crippen LogP contribution < -0.4 is 0 Å². The van der Waals surface area contributed by atoms with Crippen LogP contribution in [-0.2, 0) is 4.57 Å². The Labute approximate surface area is 72.7 Å². The zero-order valence-corrected chi connectivity index (χ0v) is 8.28. The second-order valence-corrected chi connectivity index (χ2v) is 8.09. The number of fused-ring (bicyclic) bond motifs is 2. The third-order valence-electron chi connectivity index (χ3n) is 3.15. The van der Waals surface area contributed by atoms with E-state index in [2.05, 4.69) is 0 Å². The molecule has 0 saturated carbocycles. The van der Waals surface area contributed by atoms with Gasteiger partial charge >= 0.3 is 0 Å². The summed E-state index contributed by atoms with van der Waals surface area (Å²) in [5.74, 6) is 0. The first kappa shape index (κ1) is 8.13. The molecule has 2 rings (SSSR count). The maximum atomic E-state index is 11.9. The fourth-order valence-corrected chi connectivity index (χ4v) is 6.27. The highest BCUT2D eigenvalue weighted by atomic mass is 35.7. The van der Waals surface area contributed by atoms with Gasteiger partial charge in [0.15, 0.2) is 6.49 Å². The molecular formula is C8H14ClOP. The smallest absolute Gasteiger partial charge is 0.175 e. The minimum atomic E-state index is -2.23. The summed E-state index contributed by atoms with van der Waals surface area (Å²) in [5, 5.41) is 0. The lowest BCUT2D eigenvalue weighted by Crippen LogP contribution is -1.98. The van der Waals surface area contributed by atoms with E-state index in [0.717, 1.165) is 25.7 Å². The van der Waals surface area contributed by atoms with Gasteiger partial charge < -0.3 is 4.57 Å². The molecule has 2 bridgehead atoms. The first-order valence-electron chi connectivity index (χ1n) is 4.50. The average molecular weight is 193 g/mol. The van der Waals surface area contributed by atoms with Crippen LogP contribution in [0.3, 0.4) is 0 Å². The molecule has 0 N–H and O–H groups in total. The molecule has 2 aliphatic rings. The minimum Gasteiger partial charge on any atom is -0.306 e. The largest absolute Gasteiger partial charge is 0.306 e. The van der Waals surface area contributed by atoms with Crippen molar-refractivity contribution in [1.82, 2.24) is 0 Å². The van der Waals surface area contributed by atoms with Gasteiger partial charge in [0.2, 0.25) is 0 Å². The maximum absolute atomic E-state index is 11.9. The molecule has 2 saturated heterocycles. The lowest BCUT2D eigenvalue weighted by atomic mass is 10.0. The van der Waals surface area contributed by atoms with Crippen molar-refractivity contribution in [2.45, 2.75) is 49.8 Å². The minimum absolute atomic E-state index is 0.386. The van der Waals surface area contributed by atoms with E-state index in [4.69, 9.17) is 11.2 Å². The Bertz CT molecular complexity index is 186. The summed E-state index contributed by atoms with van der Waals surface area (Å²) in [6.45, 7) is -2.23. The molecule has 2 aliphatic heterocycles. The van der Waals surface area contributed by atoms with Crippen LogP contribution in [0, 0.1) is 0 Å². The molecule has 1 nitrogen and oxygen atoms in total. The fraction of sp³-hybridized carbons (Fsp3) is 1.00. The number of hydrogen-bond acceptors (Lipinski definition) is 1. The predicted octanol–water partition coefficient (Wildman–Crippen LogP) is 3.61. The van der Waals surface area contributed by atoms with Crippen LogP contribution >= 0.6 is 17.7 Å². The summed E-state index contributed by atoms with van der Waals surface area (Å²) in [5.41, 5.74) is 0.772. The summed E-state index contributed by atoms with van der Waals surface area (Å²) in [6, 6.07) is 0. The molecule has 0 aromatic carbocycles. The molecular weight excluding hydrogens is 179 g/mol. The summed E-state index contributed by atoms with van der Waals surface area (Å²) in [7, 11) is 0. The molecule has 11 heavy (non-hydrogen) atoms. The quantitative estimate of drug-likeness (QED) is 0.536. The number of rotatable bonds is 0. The third kappa shape index (κ3) is 1.27. The van der Waals surface area contributed by atoms with Gasteiger partial charge in [-0.2, -0.15) is 0 Å². The van der Waals surface area contributed by atoms with Crippen molar-refractivity contribution in [2.75, 3.05) is 0 Å². The van der Waals surface area contributed by atoms with Gasteiger partial charge in [-0.05, 0) is 25.7 Å². The van der Waals surface area contributed by atoms with Crippen LogP contribution in [0.15, 0.2) is 0 Å². The lowest BCUT2D eigenvalue weighted by molar-refractivity contribution is 0.556. The van der Waals surface area contributed by atoms with Crippen LogP contribution in [0.5, 0.6) is 0 Å². The van der Waals surface area contributed by atoms with Gasteiger partial charge in [-0.3, -0.25) is 0 Å². The van der Waals surface area contributed by atoms with Crippen molar-refractivity contribution >= 4 is 17.7 Å². The van der Waals surface area contributed by atoms with Crippen LogP contribution in [-0.4, -0.2) is 11.3 Å². The molecule has 3 heteroatoms. The zero-order valence-electron chi connectivity index (χ0n) is 6.63. The third-order valence-corrected chi connectivity index (χ3v) is 7.83. The zero-order chi connectivity index (χ0) is 7.90. The second-order valence-electron chi connectivity index (χ2n) is 3.79. The predicted molar refractivity (Wildman–Crippen MR) is 48.7 cm³/mol. The molecule has 0 aromatic heterocycles. The Morgan fingerprint density at radius 3 is 1.91 bits per heavy atom. The molecule has 0 spiro atoms. The summed E-state index contributed by atoms with van der Waals surface area (Å²) in [6.07, 6.45) is 7.00. The average Bonchev–Trinajstić information content (AvgIpc) is 2.00. The summed E-state index contributed by atoms with van der Waals surface area (Å²) < 4.78 is 11.9. The van der Waals surface area contributed by atoms with Crippen LogP contribution in [0.2, 0.25) is 0 Å². The highest BCUT2D eigenvalue weighted by Gasteiger charge is 2.45. The molecule has 64 valence electrons. The molecule has 2 unspecified atom stereocenters. The molecule has 2 atom stereocenters. The van der Waals surface area contributed by atoms with Gasteiger partial charge in [0.05, 0.1) is 0 Å². The lowest BCUT2D eigenvalue weighted by Gasteiger charge is -2.14. The molecule has 0 radical (unpaired) electrons. The molecule has 2 heterocycles. The SMILES string of the molecule is O=P1(Cl)C2CCCCC1CC2. The molecule has 0 aromatic rings. The maximum Gasteiger partial charge on any atom is 0.175 e. The van der Waals surface area contributed by atoms with Crippen molar-refractivity contribution < 1.29 is 4.57 Å². The van der Waals surface area contributed by atoms with Gasteiger partial charge in [-0.1, -0.05) is 24.1 Å². The number of halogens is 1. The highest BCUT2D eigenvalue weighted by molar-refractivity contribution is 7.90. The Balaban J connectivity index is 2.26. The van der Waals surface area contributed by atoms with Crippen LogP contribution in [0.1, 0.15) is 38.5 Å². The normalized spacial score (nSPS) is 50.6. The van der Waals surface area contributed by atoms with Gasteiger partial charge in [0, 0.05) is 11.3 Å². The van der Waals surface area contributed by atoms with E-state index in [1.165, 1.54) is 12.8 Å². The Hall–Kier alpha value is 0.520.